The number of hydrogen-bond donors (Lipinski definition) is 1. The lowest BCUT2D eigenvalue weighted by Gasteiger charge is -2.31. The van der Waals surface area contributed by atoms with Gasteiger partial charge in [-0.15, -0.1) is 24.8 Å². The third-order valence-electron chi connectivity index (χ3n) is 2.04. The molecule has 0 spiro atoms. The average molecular weight is 219 g/mol. The monoisotopic (exact) mass is 218 g/mol. The molecule has 1 saturated heterocycles. The second-order valence-corrected chi connectivity index (χ2v) is 3.04. The molecular weight excluding hydrogens is 202 g/mol. The van der Waals surface area contributed by atoms with Crippen molar-refractivity contribution in [3.05, 3.63) is 0 Å². The Kier molecular flexibility index (Phi) is 8.58. The topological polar surface area (TPSA) is 15.3 Å². The van der Waals surface area contributed by atoms with Gasteiger partial charge in [0, 0.05) is 12.6 Å². The van der Waals surface area contributed by atoms with E-state index in [1.165, 1.54) is 0 Å². The molecule has 1 heterocycles. The Hall–Kier alpha value is 0.430. The van der Waals surface area contributed by atoms with Gasteiger partial charge in [0.15, 0.2) is 0 Å². The Balaban J connectivity index is 0. The van der Waals surface area contributed by atoms with Crippen LogP contribution in [-0.4, -0.2) is 44.3 Å². The third kappa shape index (κ3) is 3.90. The minimum Gasteiger partial charge on any atom is -0.314 e. The minimum absolute atomic E-state index is 0. The Morgan fingerprint density at radius 3 is 2.25 bits per heavy atom. The number of nitrogens with zero attached hydrogens (tertiary/aromatic N) is 1. The molecule has 0 aromatic carbocycles. The largest absolute Gasteiger partial charge is 0.314 e. The van der Waals surface area contributed by atoms with Crippen molar-refractivity contribution < 1.29 is 4.39 Å². The van der Waals surface area contributed by atoms with Crippen LogP contribution in [0.2, 0.25) is 0 Å². The van der Waals surface area contributed by atoms with Gasteiger partial charge in [-0.05, 0) is 27.1 Å². The molecule has 2 nitrogen and oxygen atoms in total. The first kappa shape index (κ1) is 14.9. The van der Waals surface area contributed by atoms with E-state index in [-0.39, 0.29) is 30.9 Å². The van der Waals surface area contributed by atoms with Crippen molar-refractivity contribution in [3.63, 3.8) is 0 Å². The molecule has 0 bridgehead atoms. The van der Waals surface area contributed by atoms with Gasteiger partial charge in [0.05, 0.1) is 0 Å². The van der Waals surface area contributed by atoms with Gasteiger partial charge in [-0.3, -0.25) is 0 Å². The van der Waals surface area contributed by atoms with Gasteiger partial charge in [-0.25, -0.2) is 4.39 Å². The second kappa shape index (κ2) is 6.89. The molecule has 1 fully saturated rings. The first-order valence-electron chi connectivity index (χ1n) is 3.73. The highest BCUT2D eigenvalue weighted by atomic mass is 35.5. The zero-order chi connectivity index (χ0) is 7.56. The lowest BCUT2D eigenvalue weighted by Crippen LogP contribution is -2.48. The van der Waals surface area contributed by atoms with Crippen LogP contribution in [0.1, 0.15) is 6.42 Å². The molecule has 5 heteroatoms. The maximum absolute atomic E-state index is 13.0. The highest BCUT2D eigenvalue weighted by Crippen LogP contribution is 2.11. The van der Waals surface area contributed by atoms with E-state index in [0.717, 1.165) is 13.0 Å². The lowest BCUT2D eigenvalue weighted by atomic mass is 10.0. The van der Waals surface area contributed by atoms with Crippen LogP contribution < -0.4 is 5.32 Å². The van der Waals surface area contributed by atoms with Crippen molar-refractivity contribution in [2.45, 2.75) is 18.6 Å². The summed E-state index contributed by atoms with van der Waals surface area (Å²) in [6, 6.07) is 0.126. The Labute approximate surface area is 85.7 Å². The van der Waals surface area contributed by atoms with Crippen molar-refractivity contribution in [1.29, 1.82) is 0 Å². The molecule has 2 atom stereocenters. The summed E-state index contributed by atoms with van der Waals surface area (Å²) >= 11 is 0. The zero-order valence-electron chi connectivity index (χ0n) is 7.42. The molecule has 0 aliphatic carbocycles. The Morgan fingerprint density at radius 2 is 1.92 bits per heavy atom. The third-order valence-corrected chi connectivity index (χ3v) is 2.04. The molecule has 0 amide bonds. The van der Waals surface area contributed by atoms with Crippen molar-refractivity contribution in [1.82, 2.24) is 10.2 Å². The van der Waals surface area contributed by atoms with Gasteiger partial charge in [-0.1, -0.05) is 0 Å². The maximum Gasteiger partial charge on any atom is 0.128 e. The van der Waals surface area contributed by atoms with Crippen molar-refractivity contribution >= 4 is 24.8 Å². The molecule has 1 aliphatic rings. The maximum atomic E-state index is 13.0. The number of rotatable bonds is 1. The summed E-state index contributed by atoms with van der Waals surface area (Å²) in [6.45, 7) is 1.46. The van der Waals surface area contributed by atoms with Crippen LogP contribution in [-0.2, 0) is 0 Å². The molecule has 1 N–H and O–H groups in total. The van der Waals surface area contributed by atoms with E-state index in [9.17, 15) is 4.39 Å². The van der Waals surface area contributed by atoms with E-state index in [2.05, 4.69) is 5.32 Å². The molecule has 2 unspecified atom stereocenters. The number of piperidine rings is 1. The summed E-state index contributed by atoms with van der Waals surface area (Å²) in [6.07, 6.45) is 0.234. The summed E-state index contributed by atoms with van der Waals surface area (Å²) in [7, 11) is 3.87. The summed E-state index contributed by atoms with van der Waals surface area (Å²) < 4.78 is 13.0. The van der Waals surface area contributed by atoms with Crippen LogP contribution in [0.4, 0.5) is 4.39 Å². The number of halogens is 3. The molecule has 1 aliphatic heterocycles. The summed E-state index contributed by atoms with van der Waals surface area (Å²) in [5.41, 5.74) is 0. The van der Waals surface area contributed by atoms with Gasteiger partial charge >= 0.3 is 0 Å². The summed E-state index contributed by atoms with van der Waals surface area (Å²) in [4.78, 5) is 1.96. The van der Waals surface area contributed by atoms with Crippen LogP contribution >= 0.6 is 24.8 Å². The van der Waals surface area contributed by atoms with Crippen LogP contribution in [0.5, 0.6) is 0 Å². The van der Waals surface area contributed by atoms with Crippen LogP contribution in [0, 0.1) is 0 Å². The summed E-state index contributed by atoms with van der Waals surface area (Å²) in [5, 5.41) is 3.02. The smallest absolute Gasteiger partial charge is 0.128 e. The standard InChI is InChI=1S/C7H15FN2.2ClH/c1-10(2)7-3-4-9-5-6(7)8;;/h6-7,9H,3-5H2,1-2H3;2*1H. The first-order chi connectivity index (χ1) is 4.72. The second-order valence-electron chi connectivity index (χ2n) is 3.04. The van der Waals surface area contributed by atoms with Crippen LogP contribution in [0.25, 0.3) is 0 Å². The summed E-state index contributed by atoms with van der Waals surface area (Å²) in [5.74, 6) is 0. The van der Waals surface area contributed by atoms with Crippen molar-refractivity contribution in [2.24, 2.45) is 0 Å². The molecule has 12 heavy (non-hydrogen) atoms. The van der Waals surface area contributed by atoms with Crippen LogP contribution in [0.15, 0.2) is 0 Å². The van der Waals surface area contributed by atoms with Crippen molar-refractivity contribution in [2.75, 3.05) is 27.2 Å². The van der Waals surface area contributed by atoms with E-state index in [0.29, 0.717) is 6.54 Å². The van der Waals surface area contributed by atoms with Gasteiger partial charge < -0.3 is 10.2 Å². The Bertz CT molecular complexity index is 114. The molecule has 0 saturated carbocycles. The van der Waals surface area contributed by atoms with Gasteiger partial charge in [-0.2, -0.15) is 0 Å². The molecule has 76 valence electrons. The molecular formula is C7H17Cl2FN2. The van der Waals surface area contributed by atoms with E-state index in [4.69, 9.17) is 0 Å². The molecule has 0 aromatic rings. The van der Waals surface area contributed by atoms with Gasteiger partial charge in [0.1, 0.15) is 6.17 Å². The first-order valence-corrected chi connectivity index (χ1v) is 3.73. The van der Waals surface area contributed by atoms with E-state index in [1.807, 2.05) is 19.0 Å². The highest BCUT2D eigenvalue weighted by molar-refractivity contribution is 5.85. The number of hydrogen-bond acceptors (Lipinski definition) is 2. The van der Waals surface area contributed by atoms with E-state index < -0.39 is 6.17 Å². The van der Waals surface area contributed by atoms with Gasteiger partial charge in [0.25, 0.3) is 0 Å². The zero-order valence-corrected chi connectivity index (χ0v) is 9.05. The molecule has 1 rings (SSSR count). The quantitative estimate of drug-likeness (QED) is 0.710. The fourth-order valence-electron chi connectivity index (χ4n) is 1.39. The predicted octanol–water partition coefficient (Wildman–Crippen LogP) is 1.09. The van der Waals surface area contributed by atoms with E-state index in [1.54, 1.807) is 0 Å². The van der Waals surface area contributed by atoms with E-state index >= 15 is 0 Å². The van der Waals surface area contributed by atoms with Crippen molar-refractivity contribution in [3.8, 4) is 0 Å². The Morgan fingerprint density at radius 1 is 1.33 bits per heavy atom. The lowest BCUT2D eigenvalue weighted by molar-refractivity contribution is 0.125. The average Bonchev–Trinajstić information content (AvgIpc) is 1.88. The number of alkyl halides is 1. The highest BCUT2D eigenvalue weighted by Gasteiger charge is 2.25. The fraction of sp³-hybridized carbons (Fsp3) is 1.00. The minimum atomic E-state index is -0.691. The SMILES string of the molecule is CN(C)C1CCNCC1F.Cl.Cl. The predicted molar refractivity (Wildman–Crippen MR) is 54.4 cm³/mol. The molecule has 0 radical (unpaired) electrons. The fourth-order valence-corrected chi connectivity index (χ4v) is 1.39. The molecule has 0 aromatic heterocycles. The normalized spacial score (nSPS) is 29.0. The van der Waals surface area contributed by atoms with Gasteiger partial charge in [0.2, 0.25) is 0 Å². The van der Waals surface area contributed by atoms with Crippen LogP contribution in [0.3, 0.4) is 0 Å². The number of nitrogens with one attached hydrogen (secondary N) is 1.